The smallest absolute Gasteiger partial charge is 0.333 e. The Balaban J connectivity index is 1.51. The van der Waals surface area contributed by atoms with Gasteiger partial charge in [0, 0.05) is 29.2 Å². The van der Waals surface area contributed by atoms with E-state index in [2.05, 4.69) is 17.2 Å². The van der Waals surface area contributed by atoms with E-state index in [4.69, 9.17) is 9.47 Å². The van der Waals surface area contributed by atoms with Crippen molar-refractivity contribution in [2.75, 3.05) is 6.79 Å². The molecule has 3 heterocycles. The van der Waals surface area contributed by atoms with Crippen LogP contribution < -0.4 is 16.1 Å². The second-order valence-electron chi connectivity index (χ2n) is 12.6. The van der Waals surface area contributed by atoms with Crippen molar-refractivity contribution < 1.29 is 38.6 Å². The van der Waals surface area contributed by atoms with Crippen molar-refractivity contribution in [3.63, 3.8) is 0 Å². The summed E-state index contributed by atoms with van der Waals surface area (Å²) < 4.78 is 11.1. The molecule has 1 aromatic carbocycles. The fourth-order valence-corrected chi connectivity index (χ4v) is 6.77. The first kappa shape index (κ1) is 34.3. The van der Waals surface area contributed by atoms with Gasteiger partial charge in [0.05, 0.1) is 5.41 Å². The van der Waals surface area contributed by atoms with Gasteiger partial charge in [-0.2, -0.15) is 0 Å². The Bertz CT molecular complexity index is 1630. The number of pyridine rings is 1. The number of phenolic OH excluding ortho intramolecular Hbond substituents is 1. The molecule has 0 aliphatic carbocycles. The van der Waals surface area contributed by atoms with Crippen LogP contribution in [0.5, 0.6) is 5.75 Å². The molecule has 2 aliphatic heterocycles. The minimum atomic E-state index is -1.35. The molecule has 3 amide bonds. The number of phenols is 1. The third-order valence-corrected chi connectivity index (χ3v) is 9.22. The second-order valence-corrected chi connectivity index (χ2v) is 14.4. The Kier molecular flexibility index (Phi) is 9.71. The maximum Gasteiger partial charge on any atom is 0.333 e. The summed E-state index contributed by atoms with van der Waals surface area (Å²) in [7, 11) is 0. The second kappa shape index (κ2) is 13.0. The molecule has 13 nitrogen and oxygen atoms in total. The van der Waals surface area contributed by atoms with Gasteiger partial charge in [-0.25, -0.2) is 4.79 Å². The van der Waals surface area contributed by atoms with Crippen molar-refractivity contribution in [3.8, 4) is 5.75 Å². The first-order valence-electron chi connectivity index (χ1n) is 14.5. The van der Waals surface area contributed by atoms with Crippen LogP contribution in [-0.4, -0.2) is 73.2 Å². The number of hydrogen-bond acceptors (Lipinski definition) is 10. The molecule has 0 saturated carbocycles. The molecule has 14 heteroatoms. The van der Waals surface area contributed by atoms with Gasteiger partial charge in [-0.1, -0.05) is 18.2 Å². The van der Waals surface area contributed by atoms with Gasteiger partial charge in [-0.05, 0) is 59.2 Å². The summed E-state index contributed by atoms with van der Waals surface area (Å²) in [5.41, 5.74) is -0.622. The number of esters is 2. The Morgan fingerprint density at radius 1 is 1.13 bits per heavy atom. The van der Waals surface area contributed by atoms with Crippen LogP contribution in [0.15, 0.2) is 54.0 Å². The number of nitrogens with zero attached hydrogens (tertiary/aromatic N) is 2. The molecule has 246 valence electrons. The van der Waals surface area contributed by atoms with Crippen molar-refractivity contribution in [1.82, 2.24) is 20.1 Å². The van der Waals surface area contributed by atoms with Gasteiger partial charge in [0.15, 0.2) is 5.43 Å². The summed E-state index contributed by atoms with van der Waals surface area (Å²) in [5, 5.41) is 14.4. The molecule has 2 aromatic rings. The van der Waals surface area contributed by atoms with Gasteiger partial charge in [0.2, 0.25) is 18.6 Å². The van der Waals surface area contributed by atoms with Crippen molar-refractivity contribution in [2.45, 2.75) is 76.3 Å². The fourth-order valence-electron chi connectivity index (χ4n) is 5.15. The Labute approximate surface area is 270 Å². The summed E-state index contributed by atoms with van der Waals surface area (Å²) in [6.45, 7) is 13.6. The lowest BCUT2D eigenvalue weighted by molar-refractivity contribution is -0.180. The molecule has 1 unspecified atom stereocenters. The van der Waals surface area contributed by atoms with E-state index in [1.807, 2.05) is 0 Å². The van der Waals surface area contributed by atoms with E-state index in [-0.39, 0.29) is 16.9 Å². The lowest BCUT2D eigenvalue weighted by Gasteiger charge is -2.44. The Morgan fingerprint density at radius 2 is 1.78 bits per heavy atom. The summed E-state index contributed by atoms with van der Waals surface area (Å²) in [5.74, 6) is -3.47. The number of aryl methyl sites for hydroxylation is 1. The van der Waals surface area contributed by atoms with Crippen molar-refractivity contribution >= 4 is 41.4 Å². The molecule has 4 rings (SSSR count). The highest BCUT2D eigenvalue weighted by molar-refractivity contribution is 8.01. The van der Waals surface area contributed by atoms with Gasteiger partial charge in [-0.3, -0.25) is 24.0 Å². The third-order valence-electron chi connectivity index (χ3n) is 7.64. The van der Waals surface area contributed by atoms with E-state index in [0.29, 0.717) is 12.2 Å². The zero-order valence-electron chi connectivity index (χ0n) is 26.5. The number of amides is 3. The molecule has 2 aliphatic rings. The summed E-state index contributed by atoms with van der Waals surface area (Å²) in [4.78, 5) is 79.5. The van der Waals surface area contributed by atoms with E-state index in [1.165, 1.54) is 53.2 Å². The number of nitrogens with one attached hydrogen (secondary N) is 2. The Morgan fingerprint density at radius 3 is 2.39 bits per heavy atom. The van der Waals surface area contributed by atoms with Crippen molar-refractivity contribution in [1.29, 1.82) is 0 Å². The number of ether oxygens (including phenoxy) is 2. The van der Waals surface area contributed by atoms with Gasteiger partial charge in [0.1, 0.15) is 34.8 Å². The van der Waals surface area contributed by atoms with Crippen LogP contribution in [0.4, 0.5) is 0 Å². The molecule has 4 atom stereocenters. The number of allylic oxidation sites excluding steroid dienone is 1. The number of β-lactam (4-membered cyclic amide) rings is 1. The molecule has 0 bridgehead atoms. The molecule has 0 radical (unpaired) electrons. The van der Waals surface area contributed by atoms with E-state index in [0.717, 1.165) is 0 Å². The number of hydrogen-bond donors (Lipinski definition) is 3. The van der Waals surface area contributed by atoms with Crippen molar-refractivity contribution in [3.05, 3.63) is 76.2 Å². The lowest BCUT2D eigenvalue weighted by Crippen LogP contribution is -2.71. The topological polar surface area (TPSA) is 173 Å². The largest absolute Gasteiger partial charge is 0.508 e. The van der Waals surface area contributed by atoms with Gasteiger partial charge in [0.25, 0.3) is 5.91 Å². The highest BCUT2D eigenvalue weighted by atomic mass is 32.2. The fraction of sp³-hybridized carbons (Fsp3) is 0.438. The van der Waals surface area contributed by atoms with Gasteiger partial charge < -0.3 is 34.7 Å². The number of thioether (sulfide) groups is 1. The Hall–Kier alpha value is -4.59. The average Bonchev–Trinajstić information content (AvgIpc) is 3.23. The summed E-state index contributed by atoms with van der Waals surface area (Å²) in [6, 6.07) is 3.47. The third kappa shape index (κ3) is 6.96. The van der Waals surface area contributed by atoms with Crippen LogP contribution in [-0.2, 0) is 35.2 Å². The van der Waals surface area contributed by atoms with Crippen molar-refractivity contribution in [2.24, 2.45) is 5.41 Å². The number of carbonyl (C=O) groups is 5. The number of rotatable bonds is 10. The number of benzene rings is 1. The number of aromatic nitrogens is 1. The normalized spacial score (nSPS) is 20.5. The minimum Gasteiger partial charge on any atom is -0.508 e. The maximum absolute atomic E-state index is 13.7. The zero-order chi connectivity index (χ0) is 34.1. The lowest BCUT2D eigenvalue weighted by atomic mass is 9.95. The molecule has 1 aromatic heterocycles. The molecule has 2 saturated heterocycles. The highest BCUT2D eigenvalue weighted by Gasteiger charge is 2.64. The first-order chi connectivity index (χ1) is 21.5. The maximum atomic E-state index is 13.7. The SMILES string of the molecule is C=CCn1cc(C(=O)NC(C(=O)N[C@@H]2C(=O)N3[C@@H]2SC(C)(C)[C@@H]3C(=O)OCOC(=O)C(C)(C)C)c2ccc(O)cc2)c(=O)cc1C. The van der Waals surface area contributed by atoms with Gasteiger partial charge in [-0.15, -0.1) is 18.3 Å². The number of carbonyl (C=O) groups excluding carboxylic acids is 5. The predicted molar refractivity (Wildman–Crippen MR) is 168 cm³/mol. The van der Waals surface area contributed by atoms with Crippen LogP contribution in [0.25, 0.3) is 0 Å². The molecule has 46 heavy (non-hydrogen) atoms. The molecular formula is C32H38N4O9S. The van der Waals surface area contributed by atoms with Gasteiger partial charge >= 0.3 is 11.9 Å². The standard InChI is InChI=1S/C32H38N4O9S/c1-8-13-35-15-20(21(38)14-17(35)2)25(39)33-22(18-9-11-19(37)12-10-18)26(40)34-23-27(41)36-24(32(6,7)46-28(23)36)29(42)44-16-45-30(43)31(3,4)5/h8-12,14-15,22-24,28,37H,1,13,16H2,2-7H3,(H,33,39)(H,34,40)/t22?,23-,24+,28-/m1/s1. The van der Waals surface area contributed by atoms with E-state index < -0.39 is 75.5 Å². The monoisotopic (exact) mass is 654 g/mol. The van der Waals surface area contributed by atoms with Crippen LogP contribution in [0.2, 0.25) is 0 Å². The van der Waals surface area contributed by atoms with E-state index in [1.54, 1.807) is 52.2 Å². The number of fused-ring (bicyclic) bond motifs is 1. The van der Waals surface area contributed by atoms with Crippen LogP contribution in [0, 0.1) is 12.3 Å². The number of aromatic hydroxyl groups is 1. The summed E-state index contributed by atoms with van der Waals surface area (Å²) in [6.07, 6.45) is 2.99. The predicted octanol–water partition coefficient (Wildman–Crippen LogP) is 2.16. The average molecular weight is 655 g/mol. The van der Waals surface area contributed by atoms with Crippen LogP contribution in [0.3, 0.4) is 0 Å². The molecular weight excluding hydrogens is 616 g/mol. The molecule has 3 N–H and O–H groups in total. The van der Waals surface area contributed by atoms with Crippen LogP contribution in [0.1, 0.15) is 62.3 Å². The summed E-state index contributed by atoms with van der Waals surface area (Å²) >= 11 is 1.29. The quantitative estimate of drug-likeness (QED) is 0.149. The van der Waals surface area contributed by atoms with E-state index in [9.17, 15) is 33.9 Å². The zero-order valence-corrected chi connectivity index (χ0v) is 27.3. The first-order valence-corrected chi connectivity index (χ1v) is 15.4. The van der Waals surface area contributed by atoms with E-state index >= 15 is 0 Å². The van der Waals surface area contributed by atoms with Crippen LogP contribution >= 0.6 is 11.8 Å². The minimum absolute atomic E-state index is 0.0689. The highest BCUT2D eigenvalue weighted by Crippen LogP contribution is 2.51. The molecule has 0 spiro atoms. The molecule has 2 fully saturated rings.